The fraction of sp³-hybridized carbons (Fsp3) is 0.375. The standard InChI is InChI=1S/C16H21NO2/c1-14(18)11-13-17(15(2)19)12-7-6-10-16-8-4-3-5-9-16/h3-5,8-9,11,13H,6-7,10,12H2,1-2H3/b13-11-. The van der Waals surface area contributed by atoms with Crippen molar-refractivity contribution in [1.82, 2.24) is 4.90 Å². The Morgan fingerprint density at radius 2 is 1.79 bits per heavy atom. The molecule has 1 aromatic rings. The van der Waals surface area contributed by atoms with Gasteiger partial charge in [0.15, 0.2) is 5.78 Å². The van der Waals surface area contributed by atoms with E-state index >= 15 is 0 Å². The van der Waals surface area contributed by atoms with Crippen LogP contribution in [0.2, 0.25) is 0 Å². The molecule has 19 heavy (non-hydrogen) atoms. The van der Waals surface area contributed by atoms with Crippen molar-refractivity contribution in [2.45, 2.75) is 33.1 Å². The molecule has 1 aromatic carbocycles. The van der Waals surface area contributed by atoms with Gasteiger partial charge in [-0.15, -0.1) is 0 Å². The number of aryl methyl sites for hydroxylation is 1. The molecule has 0 aliphatic carbocycles. The van der Waals surface area contributed by atoms with E-state index in [2.05, 4.69) is 12.1 Å². The van der Waals surface area contributed by atoms with Crippen molar-refractivity contribution in [2.24, 2.45) is 0 Å². The Hall–Kier alpha value is -1.90. The highest BCUT2D eigenvalue weighted by Gasteiger charge is 2.04. The summed E-state index contributed by atoms with van der Waals surface area (Å²) in [6.07, 6.45) is 5.98. The highest BCUT2D eigenvalue weighted by molar-refractivity contribution is 5.87. The number of benzene rings is 1. The average molecular weight is 259 g/mol. The Bertz CT molecular complexity index is 437. The van der Waals surface area contributed by atoms with E-state index in [-0.39, 0.29) is 11.7 Å². The Balaban J connectivity index is 2.33. The Morgan fingerprint density at radius 1 is 1.11 bits per heavy atom. The van der Waals surface area contributed by atoms with Gasteiger partial charge in [-0.05, 0) is 37.8 Å². The molecule has 0 unspecified atom stereocenters. The van der Waals surface area contributed by atoms with Crippen LogP contribution in [-0.2, 0) is 16.0 Å². The molecule has 0 aliphatic heterocycles. The van der Waals surface area contributed by atoms with Gasteiger partial charge in [-0.25, -0.2) is 0 Å². The highest BCUT2D eigenvalue weighted by atomic mass is 16.2. The molecule has 0 atom stereocenters. The molecule has 1 rings (SSSR count). The van der Waals surface area contributed by atoms with Crippen LogP contribution in [-0.4, -0.2) is 23.1 Å². The number of unbranched alkanes of at least 4 members (excludes halogenated alkanes) is 1. The number of nitrogens with zero attached hydrogens (tertiary/aromatic N) is 1. The van der Waals surface area contributed by atoms with Crippen LogP contribution in [0.25, 0.3) is 0 Å². The summed E-state index contributed by atoms with van der Waals surface area (Å²) in [5.41, 5.74) is 1.32. The number of hydrogen-bond donors (Lipinski definition) is 0. The largest absolute Gasteiger partial charge is 0.319 e. The molecule has 0 bridgehead atoms. The molecule has 3 nitrogen and oxygen atoms in total. The van der Waals surface area contributed by atoms with E-state index in [1.54, 1.807) is 11.1 Å². The number of carbonyl (C=O) groups is 2. The van der Waals surface area contributed by atoms with Gasteiger partial charge in [0.25, 0.3) is 0 Å². The smallest absolute Gasteiger partial charge is 0.223 e. The molecule has 0 fully saturated rings. The third-order valence-corrected chi connectivity index (χ3v) is 2.85. The van der Waals surface area contributed by atoms with Crippen LogP contribution in [0.15, 0.2) is 42.6 Å². The number of ketones is 1. The van der Waals surface area contributed by atoms with Gasteiger partial charge in [-0.2, -0.15) is 0 Å². The molecule has 0 aliphatic rings. The van der Waals surface area contributed by atoms with Crippen molar-refractivity contribution < 1.29 is 9.59 Å². The lowest BCUT2D eigenvalue weighted by molar-refractivity contribution is -0.126. The van der Waals surface area contributed by atoms with Crippen molar-refractivity contribution in [3.05, 3.63) is 48.2 Å². The summed E-state index contributed by atoms with van der Waals surface area (Å²) < 4.78 is 0. The number of amides is 1. The van der Waals surface area contributed by atoms with E-state index in [1.807, 2.05) is 18.2 Å². The number of rotatable bonds is 7. The first kappa shape index (κ1) is 15.2. The minimum atomic E-state index is -0.0458. The molecule has 102 valence electrons. The van der Waals surface area contributed by atoms with Crippen LogP contribution in [0.5, 0.6) is 0 Å². The van der Waals surface area contributed by atoms with Crippen molar-refractivity contribution in [3.8, 4) is 0 Å². The zero-order valence-corrected chi connectivity index (χ0v) is 11.6. The zero-order chi connectivity index (χ0) is 14.1. The summed E-state index contributed by atoms with van der Waals surface area (Å²) in [5, 5.41) is 0. The molecule has 0 N–H and O–H groups in total. The molecule has 0 saturated carbocycles. The Morgan fingerprint density at radius 3 is 2.37 bits per heavy atom. The fourth-order valence-corrected chi connectivity index (χ4v) is 1.79. The monoisotopic (exact) mass is 259 g/mol. The van der Waals surface area contributed by atoms with Gasteiger partial charge >= 0.3 is 0 Å². The minimum Gasteiger partial charge on any atom is -0.319 e. The number of allylic oxidation sites excluding steroid dienone is 1. The molecule has 0 radical (unpaired) electrons. The summed E-state index contributed by atoms with van der Waals surface area (Å²) in [4.78, 5) is 23.8. The van der Waals surface area contributed by atoms with Crippen molar-refractivity contribution in [1.29, 1.82) is 0 Å². The lowest BCUT2D eigenvalue weighted by Crippen LogP contribution is -2.24. The van der Waals surface area contributed by atoms with Gasteiger partial charge in [-0.1, -0.05) is 30.3 Å². The summed E-state index contributed by atoms with van der Waals surface area (Å²) in [5.74, 6) is -0.0762. The normalized spacial score (nSPS) is 10.6. The predicted molar refractivity (Wildman–Crippen MR) is 76.6 cm³/mol. The minimum absolute atomic E-state index is 0.0304. The zero-order valence-electron chi connectivity index (χ0n) is 11.6. The molecular formula is C16H21NO2. The topological polar surface area (TPSA) is 37.4 Å². The SMILES string of the molecule is CC(=O)/C=C\N(CCCCc1ccccc1)C(C)=O. The molecule has 0 heterocycles. The van der Waals surface area contributed by atoms with Crippen LogP contribution in [0.4, 0.5) is 0 Å². The quantitative estimate of drug-likeness (QED) is 0.557. The average Bonchev–Trinajstić information content (AvgIpc) is 2.38. The summed E-state index contributed by atoms with van der Waals surface area (Å²) in [6, 6.07) is 10.3. The second kappa shape index (κ2) is 8.25. The van der Waals surface area contributed by atoms with E-state index in [9.17, 15) is 9.59 Å². The van der Waals surface area contributed by atoms with E-state index in [1.165, 1.54) is 25.5 Å². The van der Waals surface area contributed by atoms with Crippen molar-refractivity contribution in [2.75, 3.05) is 6.54 Å². The lowest BCUT2D eigenvalue weighted by atomic mass is 10.1. The van der Waals surface area contributed by atoms with Gasteiger partial charge in [0.05, 0.1) is 0 Å². The third-order valence-electron chi connectivity index (χ3n) is 2.85. The van der Waals surface area contributed by atoms with Crippen LogP contribution < -0.4 is 0 Å². The fourth-order valence-electron chi connectivity index (χ4n) is 1.79. The van der Waals surface area contributed by atoms with E-state index in [4.69, 9.17) is 0 Å². The second-order valence-electron chi connectivity index (χ2n) is 4.58. The number of hydrogen-bond acceptors (Lipinski definition) is 2. The molecule has 0 spiro atoms. The second-order valence-corrected chi connectivity index (χ2v) is 4.58. The van der Waals surface area contributed by atoms with Crippen molar-refractivity contribution >= 4 is 11.7 Å². The Kier molecular flexibility index (Phi) is 6.58. The maximum atomic E-state index is 11.4. The van der Waals surface area contributed by atoms with Gasteiger partial charge in [0.1, 0.15) is 0 Å². The molecular weight excluding hydrogens is 238 g/mol. The van der Waals surface area contributed by atoms with Crippen LogP contribution >= 0.6 is 0 Å². The van der Waals surface area contributed by atoms with E-state index in [0.717, 1.165) is 19.3 Å². The maximum absolute atomic E-state index is 11.4. The van der Waals surface area contributed by atoms with Crippen molar-refractivity contribution in [3.63, 3.8) is 0 Å². The van der Waals surface area contributed by atoms with Gasteiger partial charge in [-0.3, -0.25) is 9.59 Å². The van der Waals surface area contributed by atoms with E-state index in [0.29, 0.717) is 6.54 Å². The summed E-state index contributed by atoms with van der Waals surface area (Å²) >= 11 is 0. The molecule has 3 heteroatoms. The summed E-state index contributed by atoms with van der Waals surface area (Å²) in [7, 11) is 0. The first-order chi connectivity index (χ1) is 9.09. The van der Waals surface area contributed by atoms with Gasteiger partial charge < -0.3 is 4.90 Å². The predicted octanol–water partition coefficient (Wildman–Crippen LogP) is 2.96. The third kappa shape index (κ3) is 6.55. The van der Waals surface area contributed by atoms with Crippen LogP contribution in [0.1, 0.15) is 32.3 Å². The first-order valence-corrected chi connectivity index (χ1v) is 6.59. The molecule has 0 saturated heterocycles. The maximum Gasteiger partial charge on any atom is 0.223 e. The van der Waals surface area contributed by atoms with Gasteiger partial charge in [0, 0.05) is 19.7 Å². The molecule has 1 amide bonds. The van der Waals surface area contributed by atoms with Crippen LogP contribution in [0, 0.1) is 0 Å². The lowest BCUT2D eigenvalue weighted by Gasteiger charge is -2.15. The molecule has 0 aromatic heterocycles. The van der Waals surface area contributed by atoms with Gasteiger partial charge in [0.2, 0.25) is 5.91 Å². The number of carbonyl (C=O) groups excluding carboxylic acids is 2. The highest BCUT2D eigenvalue weighted by Crippen LogP contribution is 2.06. The van der Waals surface area contributed by atoms with E-state index < -0.39 is 0 Å². The Labute approximate surface area is 114 Å². The van der Waals surface area contributed by atoms with Crippen LogP contribution in [0.3, 0.4) is 0 Å². The first-order valence-electron chi connectivity index (χ1n) is 6.59. The summed E-state index contributed by atoms with van der Waals surface area (Å²) in [6.45, 7) is 3.65.